The second-order valence-corrected chi connectivity index (χ2v) is 21.0. The Hall–Kier alpha value is -5.65. The number of hydrogen-bond donors (Lipinski definition) is 3. The van der Waals surface area contributed by atoms with Crippen LogP contribution in [0.2, 0.25) is 0 Å². The third kappa shape index (κ3) is 8.94. The Bertz CT molecular complexity index is 2810. The van der Waals surface area contributed by atoms with Crippen LogP contribution in [0.1, 0.15) is 82.3 Å². The zero-order valence-electron chi connectivity index (χ0n) is 39.2. The van der Waals surface area contributed by atoms with E-state index in [-0.39, 0.29) is 52.2 Å². The standard InChI is InChI=1S/C52H59F4N9O4/c1-3-35-39(53)8-4-30-20-34(66)23-37(43(30)35)46-45(56)47-38(24-57-46)48(65-25-31-5-6-32(26-65)58-31)61-50(60-47)69-29-52(10-11-52)28-62-14-12-51(2,13-15-62)27-63-16-18-64(19-17-63)33-21-40(54)44(41(55)22-33)36-7-9-42(67)59-49(36)68/h4,8,20-24,31-32,36,58,66H,3,5-7,9-19,25-29H2,1-2H3,(H,59,67,68). The number of aromatic nitrogens is 3. The highest BCUT2D eigenvalue weighted by Crippen LogP contribution is 2.48. The summed E-state index contributed by atoms with van der Waals surface area (Å²) in [6.07, 6.45) is 8.28. The maximum atomic E-state index is 17.2. The summed E-state index contributed by atoms with van der Waals surface area (Å²) in [7, 11) is 0. The Balaban J connectivity index is 0.748. The topological polar surface area (TPSA) is 139 Å². The second kappa shape index (κ2) is 17.9. The number of anilines is 2. The van der Waals surface area contributed by atoms with Gasteiger partial charge < -0.3 is 29.9 Å². The first kappa shape index (κ1) is 45.8. The molecule has 2 bridgehead atoms. The number of phenolic OH excluding ortho intramolecular Hbond substituents is 1. The molecular weight excluding hydrogens is 891 g/mol. The lowest BCUT2D eigenvalue weighted by atomic mass is 9.79. The van der Waals surface area contributed by atoms with Crippen LogP contribution < -0.4 is 25.2 Å². The summed E-state index contributed by atoms with van der Waals surface area (Å²) in [4.78, 5) is 47.5. The van der Waals surface area contributed by atoms with Crippen LogP contribution in [0, 0.1) is 34.1 Å². The number of nitrogens with zero attached hydrogens (tertiary/aromatic N) is 7. The lowest BCUT2D eigenvalue weighted by Crippen LogP contribution is -2.52. The molecule has 6 fully saturated rings. The van der Waals surface area contributed by atoms with E-state index in [1.54, 1.807) is 18.3 Å². The summed E-state index contributed by atoms with van der Waals surface area (Å²) in [5.41, 5.74) is 0.986. The van der Waals surface area contributed by atoms with Gasteiger partial charge in [-0.1, -0.05) is 19.9 Å². The second-order valence-electron chi connectivity index (χ2n) is 21.0. The van der Waals surface area contributed by atoms with Crippen molar-refractivity contribution in [2.45, 2.75) is 89.6 Å². The van der Waals surface area contributed by atoms with Gasteiger partial charge in [0.05, 0.1) is 17.9 Å². The number of amides is 2. The quantitative estimate of drug-likeness (QED) is 0.0861. The molecule has 0 spiro atoms. The molecule has 11 rings (SSSR count). The molecular formula is C52H59F4N9O4. The number of aryl methyl sites for hydroxylation is 1. The van der Waals surface area contributed by atoms with Crippen LogP contribution in [0.4, 0.5) is 29.1 Å². The maximum absolute atomic E-state index is 17.2. The van der Waals surface area contributed by atoms with Crippen LogP contribution in [0.5, 0.6) is 11.8 Å². The van der Waals surface area contributed by atoms with Crippen LogP contribution in [-0.4, -0.2) is 126 Å². The number of piperidine rings is 2. The largest absolute Gasteiger partial charge is 0.508 e. The highest BCUT2D eigenvalue weighted by molar-refractivity contribution is 6.02. The van der Waals surface area contributed by atoms with E-state index < -0.39 is 41.0 Å². The summed E-state index contributed by atoms with van der Waals surface area (Å²) < 4.78 is 69.5. The number of benzene rings is 3. The summed E-state index contributed by atoms with van der Waals surface area (Å²) in [6, 6.07) is 9.29. The Morgan fingerprint density at radius 1 is 0.826 bits per heavy atom. The monoisotopic (exact) mass is 949 g/mol. The predicted molar refractivity (Wildman–Crippen MR) is 254 cm³/mol. The van der Waals surface area contributed by atoms with Gasteiger partial charge in [-0.25, -0.2) is 17.6 Å². The van der Waals surface area contributed by atoms with E-state index in [4.69, 9.17) is 14.7 Å². The average Bonchev–Trinajstić information content (AvgIpc) is 4.02. The van der Waals surface area contributed by atoms with Crippen molar-refractivity contribution in [1.82, 2.24) is 35.4 Å². The summed E-state index contributed by atoms with van der Waals surface area (Å²) in [6.45, 7) is 12.5. The fourth-order valence-corrected chi connectivity index (χ4v) is 11.9. The third-order valence-corrected chi connectivity index (χ3v) is 16.0. The molecule has 0 radical (unpaired) electrons. The van der Waals surface area contributed by atoms with Gasteiger partial charge >= 0.3 is 6.01 Å². The number of nitrogens with one attached hydrogen (secondary N) is 2. The van der Waals surface area contributed by atoms with E-state index in [2.05, 4.69) is 37.2 Å². The predicted octanol–water partition coefficient (Wildman–Crippen LogP) is 7.21. The van der Waals surface area contributed by atoms with Crippen molar-refractivity contribution < 1.29 is 37.0 Å². The molecule has 69 heavy (non-hydrogen) atoms. The van der Waals surface area contributed by atoms with Gasteiger partial charge in [0.15, 0.2) is 5.82 Å². The molecule has 2 aromatic heterocycles. The molecule has 364 valence electrons. The maximum Gasteiger partial charge on any atom is 0.319 e. The molecule has 1 saturated carbocycles. The van der Waals surface area contributed by atoms with Crippen LogP contribution in [0.3, 0.4) is 0 Å². The molecule has 1 aliphatic carbocycles. The number of halogens is 4. The lowest BCUT2D eigenvalue weighted by molar-refractivity contribution is -0.134. The highest BCUT2D eigenvalue weighted by Gasteiger charge is 2.46. The molecule has 17 heteroatoms. The fourth-order valence-electron chi connectivity index (χ4n) is 11.9. The van der Waals surface area contributed by atoms with Crippen LogP contribution in [-0.2, 0) is 16.0 Å². The van der Waals surface area contributed by atoms with Crippen molar-refractivity contribution in [2.75, 3.05) is 81.9 Å². The van der Waals surface area contributed by atoms with E-state index in [0.29, 0.717) is 90.1 Å². The van der Waals surface area contributed by atoms with E-state index in [0.717, 1.165) is 77.8 Å². The van der Waals surface area contributed by atoms with Gasteiger partial charge in [0.1, 0.15) is 40.2 Å². The van der Waals surface area contributed by atoms with Gasteiger partial charge in [0.2, 0.25) is 11.8 Å². The lowest BCUT2D eigenvalue weighted by Gasteiger charge is -2.45. The molecule has 3 aromatic carbocycles. The van der Waals surface area contributed by atoms with E-state index in [1.807, 2.05) is 11.8 Å². The van der Waals surface area contributed by atoms with Crippen LogP contribution >= 0.6 is 0 Å². The molecule has 5 aliphatic heterocycles. The van der Waals surface area contributed by atoms with Crippen LogP contribution in [0.25, 0.3) is 32.9 Å². The molecule has 13 nitrogen and oxygen atoms in total. The normalized spacial score (nSPS) is 23.8. The zero-order valence-corrected chi connectivity index (χ0v) is 39.2. The van der Waals surface area contributed by atoms with Gasteiger partial charge in [-0.05, 0) is 117 Å². The molecule has 3 atom stereocenters. The van der Waals surface area contributed by atoms with Crippen molar-refractivity contribution in [3.63, 3.8) is 0 Å². The minimum absolute atomic E-state index is 0.0262. The minimum Gasteiger partial charge on any atom is -0.508 e. The van der Waals surface area contributed by atoms with Crippen molar-refractivity contribution in [3.8, 4) is 23.0 Å². The van der Waals surface area contributed by atoms with Gasteiger partial charge in [0, 0.05) is 99.3 Å². The Morgan fingerprint density at radius 3 is 2.22 bits per heavy atom. The first-order chi connectivity index (χ1) is 33.2. The van der Waals surface area contributed by atoms with Crippen molar-refractivity contribution >= 4 is 45.0 Å². The Morgan fingerprint density at radius 2 is 1.54 bits per heavy atom. The molecule has 3 unspecified atom stereocenters. The number of likely N-dealkylation sites (tertiary alicyclic amines) is 1. The number of carbonyl (C=O) groups excluding carboxylic acids is 2. The number of fused-ring (bicyclic) bond motifs is 4. The highest BCUT2D eigenvalue weighted by atomic mass is 19.1. The van der Waals surface area contributed by atoms with E-state index in [1.165, 1.54) is 24.3 Å². The Kier molecular flexibility index (Phi) is 11.9. The number of rotatable bonds is 12. The van der Waals surface area contributed by atoms with Gasteiger partial charge in [0.25, 0.3) is 0 Å². The number of piperazine rings is 2. The molecule has 5 aromatic rings. The number of imide groups is 1. The third-order valence-electron chi connectivity index (χ3n) is 16.0. The summed E-state index contributed by atoms with van der Waals surface area (Å²) >= 11 is 0. The zero-order chi connectivity index (χ0) is 47.8. The molecule has 3 N–H and O–H groups in total. The minimum atomic E-state index is -1.02. The number of ether oxygens (including phenoxy) is 1. The van der Waals surface area contributed by atoms with E-state index in [9.17, 15) is 14.7 Å². The number of hydrogen-bond acceptors (Lipinski definition) is 12. The summed E-state index contributed by atoms with van der Waals surface area (Å²) in [5, 5.41) is 18.2. The molecule has 2 amide bonds. The van der Waals surface area contributed by atoms with Crippen LogP contribution in [0.15, 0.2) is 42.6 Å². The number of pyridine rings is 1. The van der Waals surface area contributed by atoms with Gasteiger partial charge in [-0.15, -0.1) is 0 Å². The van der Waals surface area contributed by atoms with Gasteiger partial charge in [-0.2, -0.15) is 9.97 Å². The molecule has 6 aliphatic rings. The Labute approximate surface area is 398 Å². The number of phenols is 1. The van der Waals surface area contributed by atoms with E-state index >= 15 is 17.6 Å². The first-order valence-electron chi connectivity index (χ1n) is 24.7. The van der Waals surface area contributed by atoms with Crippen molar-refractivity contribution in [1.29, 1.82) is 0 Å². The number of aromatic hydroxyl groups is 1. The molecule has 7 heterocycles. The van der Waals surface area contributed by atoms with Crippen molar-refractivity contribution in [2.24, 2.45) is 10.8 Å². The first-order valence-corrected chi connectivity index (χ1v) is 24.7. The fraction of sp³-hybridized carbons (Fsp3) is 0.519. The smallest absolute Gasteiger partial charge is 0.319 e. The summed E-state index contributed by atoms with van der Waals surface area (Å²) in [5.74, 6) is -4.21. The number of carbonyl (C=O) groups is 2. The van der Waals surface area contributed by atoms with Crippen molar-refractivity contribution in [3.05, 3.63) is 77.0 Å². The SMILES string of the molecule is CCc1c(F)ccc2cc(O)cc(-c3ncc4c(N5CC6CCC(C5)N6)nc(OCC5(CN6CCC(C)(CN7CCN(c8cc(F)c(C9CCC(=O)NC9=O)c(F)c8)CC7)CC6)CC5)nc4c3F)c12. The average molecular weight is 950 g/mol. The van der Waals surface area contributed by atoms with Gasteiger partial charge in [-0.3, -0.25) is 24.8 Å². The molecule has 5 saturated heterocycles.